The van der Waals surface area contributed by atoms with Crippen LogP contribution in [0.2, 0.25) is 5.02 Å². The fraction of sp³-hybridized carbons (Fsp3) is 0.111. The van der Waals surface area contributed by atoms with Crippen molar-refractivity contribution in [1.29, 1.82) is 0 Å². The van der Waals surface area contributed by atoms with Crippen molar-refractivity contribution in [3.8, 4) is 5.75 Å². The Balaban J connectivity index is 1.59. The van der Waals surface area contributed by atoms with Crippen LogP contribution in [0.3, 0.4) is 0 Å². The maximum Gasteiger partial charge on any atom is 0.203 e. The van der Waals surface area contributed by atoms with E-state index in [2.05, 4.69) is 5.10 Å². The lowest BCUT2D eigenvalue weighted by Gasteiger charge is -2.03. The van der Waals surface area contributed by atoms with Gasteiger partial charge in [-0.3, -0.25) is 9.48 Å². The number of aryl methyl sites for hydroxylation is 1. The standard InChI is InChI=1S/C18H15ClN2O3/c1-21-17(10-11-20-21)18(22)9-8-15-6-7-16(24-15)12-23-14-4-2-13(19)3-5-14/h2-11H,12H2,1H3/b9-8+. The maximum atomic E-state index is 12.0. The number of carbonyl (C=O) groups is 1. The normalized spacial score (nSPS) is 11.1. The molecule has 122 valence electrons. The summed E-state index contributed by atoms with van der Waals surface area (Å²) in [6.07, 6.45) is 4.67. The Labute approximate surface area is 144 Å². The van der Waals surface area contributed by atoms with E-state index >= 15 is 0 Å². The van der Waals surface area contributed by atoms with Crippen molar-refractivity contribution in [2.75, 3.05) is 0 Å². The monoisotopic (exact) mass is 342 g/mol. The van der Waals surface area contributed by atoms with Gasteiger partial charge in [0, 0.05) is 18.3 Å². The van der Waals surface area contributed by atoms with E-state index in [1.165, 1.54) is 10.8 Å². The van der Waals surface area contributed by atoms with Gasteiger partial charge in [-0.2, -0.15) is 5.10 Å². The number of carbonyl (C=O) groups excluding carboxylic acids is 1. The smallest absolute Gasteiger partial charge is 0.203 e. The first kappa shape index (κ1) is 16.1. The van der Waals surface area contributed by atoms with Crippen molar-refractivity contribution in [1.82, 2.24) is 9.78 Å². The van der Waals surface area contributed by atoms with Gasteiger partial charge in [0.1, 0.15) is 29.6 Å². The second-order valence-electron chi connectivity index (χ2n) is 5.08. The topological polar surface area (TPSA) is 57.3 Å². The average Bonchev–Trinajstić information content (AvgIpc) is 3.21. The van der Waals surface area contributed by atoms with Gasteiger partial charge in [0.2, 0.25) is 5.78 Å². The molecule has 0 bridgehead atoms. The molecule has 0 atom stereocenters. The Hall–Kier alpha value is -2.79. The number of ether oxygens (including phenoxy) is 1. The van der Waals surface area contributed by atoms with Crippen LogP contribution in [0.15, 0.2) is 59.2 Å². The number of nitrogens with zero attached hydrogens (tertiary/aromatic N) is 2. The van der Waals surface area contributed by atoms with Gasteiger partial charge in [-0.25, -0.2) is 0 Å². The first-order valence-electron chi connectivity index (χ1n) is 7.29. The number of rotatable bonds is 6. The molecule has 3 aromatic rings. The van der Waals surface area contributed by atoms with E-state index in [1.54, 1.807) is 55.7 Å². The predicted molar refractivity (Wildman–Crippen MR) is 91.1 cm³/mol. The van der Waals surface area contributed by atoms with Gasteiger partial charge in [-0.15, -0.1) is 0 Å². The number of hydrogen-bond donors (Lipinski definition) is 0. The minimum absolute atomic E-state index is 0.134. The summed E-state index contributed by atoms with van der Waals surface area (Å²) in [6.45, 7) is 0.297. The molecular formula is C18H15ClN2O3. The second kappa shape index (κ2) is 7.19. The highest BCUT2D eigenvalue weighted by molar-refractivity contribution is 6.30. The first-order valence-corrected chi connectivity index (χ1v) is 7.67. The van der Waals surface area contributed by atoms with Gasteiger partial charge >= 0.3 is 0 Å². The maximum absolute atomic E-state index is 12.0. The molecule has 0 aliphatic carbocycles. The summed E-state index contributed by atoms with van der Waals surface area (Å²) in [5.41, 5.74) is 0.518. The zero-order valence-electron chi connectivity index (χ0n) is 13.0. The second-order valence-corrected chi connectivity index (χ2v) is 5.52. The van der Waals surface area contributed by atoms with Crippen molar-refractivity contribution in [2.24, 2.45) is 7.05 Å². The summed E-state index contributed by atoms with van der Waals surface area (Å²) in [4.78, 5) is 12.0. The minimum Gasteiger partial charge on any atom is -0.486 e. The molecule has 0 aliphatic rings. The Morgan fingerprint density at radius 2 is 2.04 bits per heavy atom. The molecule has 3 rings (SSSR count). The SMILES string of the molecule is Cn1nccc1C(=O)/C=C/c1ccc(COc2ccc(Cl)cc2)o1. The van der Waals surface area contributed by atoms with Crippen LogP contribution in [0, 0.1) is 0 Å². The number of halogens is 1. The fourth-order valence-electron chi connectivity index (χ4n) is 2.11. The van der Waals surface area contributed by atoms with Crippen LogP contribution >= 0.6 is 11.6 Å². The fourth-order valence-corrected chi connectivity index (χ4v) is 2.23. The number of allylic oxidation sites excluding steroid dienone is 1. The molecule has 1 aromatic carbocycles. The lowest BCUT2D eigenvalue weighted by Crippen LogP contribution is -2.03. The number of benzene rings is 1. The number of aromatic nitrogens is 2. The third-order valence-electron chi connectivity index (χ3n) is 3.35. The molecule has 2 aromatic heterocycles. The lowest BCUT2D eigenvalue weighted by molar-refractivity contribution is 0.103. The quantitative estimate of drug-likeness (QED) is 0.499. The van der Waals surface area contributed by atoms with Crippen LogP contribution in [-0.4, -0.2) is 15.6 Å². The van der Waals surface area contributed by atoms with E-state index < -0.39 is 0 Å². The zero-order chi connectivity index (χ0) is 16.9. The molecule has 0 saturated carbocycles. The van der Waals surface area contributed by atoms with Crippen LogP contribution in [-0.2, 0) is 13.7 Å². The highest BCUT2D eigenvalue weighted by atomic mass is 35.5. The summed E-state index contributed by atoms with van der Waals surface area (Å²) >= 11 is 5.82. The van der Waals surface area contributed by atoms with Crippen molar-refractivity contribution in [2.45, 2.75) is 6.61 Å². The van der Waals surface area contributed by atoms with E-state index in [4.69, 9.17) is 20.8 Å². The van der Waals surface area contributed by atoms with Crippen molar-refractivity contribution in [3.05, 3.63) is 77.0 Å². The number of ketones is 1. The van der Waals surface area contributed by atoms with Gasteiger partial charge in [-0.1, -0.05) is 11.6 Å². The van der Waals surface area contributed by atoms with E-state index in [0.717, 1.165) is 0 Å². The molecule has 0 radical (unpaired) electrons. The van der Waals surface area contributed by atoms with Gasteiger partial charge in [0.15, 0.2) is 0 Å². The van der Waals surface area contributed by atoms with Gasteiger partial charge in [-0.05, 0) is 54.6 Å². The molecule has 0 unspecified atom stereocenters. The summed E-state index contributed by atoms with van der Waals surface area (Å²) in [5, 5.41) is 4.63. The Morgan fingerprint density at radius 3 is 2.75 bits per heavy atom. The molecule has 0 amide bonds. The molecule has 0 aliphatic heterocycles. The first-order chi connectivity index (χ1) is 11.6. The molecule has 2 heterocycles. The molecule has 0 fully saturated rings. The van der Waals surface area contributed by atoms with Crippen LogP contribution in [0.25, 0.3) is 6.08 Å². The van der Waals surface area contributed by atoms with Crippen molar-refractivity contribution >= 4 is 23.5 Å². The van der Waals surface area contributed by atoms with E-state index in [0.29, 0.717) is 34.6 Å². The van der Waals surface area contributed by atoms with Crippen LogP contribution in [0.4, 0.5) is 0 Å². The van der Waals surface area contributed by atoms with E-state index in [1.807, 2.05) is 6.07 Å². The molecular weight excluding hydrogens is 328 g/mol. The van der Waals surface area contributed by atoms with Crippen molar-refractivity contribution in [3.63, 3.8) is 0 Å². The Morgan fingerprint density at radius 1 is 1.25 bits per heavy atom. The number of hydrogen-bond acceptors (Lipinski definition) is 4. The third-order valence-corrected chi connectivity index (χ3v) is 3.60. The summed E-state index contributed by atoms with van der Waals surface area (Å²) in [5.74, 6) is 1.82. The molecule has 0 saturated heterocycles. The lowest BCUT2D eigenvalue weighted by atomic mass is 10.2. The summed E-state index contributed by atoms with van der Waals surface area (Å²) in [6, 6.07) is 12.4. The summed E-state index contributed by atoms with van der Waals surface area (Å²) in [7, 11) is 1.72. The van der Waals surface area contributed by atoms with Gasteiger partial charge in [0.05, 0.1) is 0 Å². The molecule has 24 heavy (non-hydrogen) atoms. The molecule has 0 N–H and O–H groups in total. The molecule has 5 nitrogen and oxygen atoms in total. The zero-order valence-corrected chi connectivity index (χ0v) is 13.7. The van der Waals surface area contributed by atoms with E-state index in [9.17, 15) is 4.79 Å². The van der Waals surface area contributed by atoms with Crippen LogP contribution in [0.5, 0.6) is 5.75 Å². The van der Waals surface area contributed by atoms with Crippen LogP contribution in [0.1, 0.15) is 22.0 Å². The highest BCUT2D eigenvalue weighted by Gasteiger charge is 2.07. The number of furan rings is 1. The molecule has 6 heteroatoms. The van der Waals surface area contributed by atoms with Gasteiger partial charge < -0.3 is 9.15 Å². The largest absolute Gasteiger partial charge is 0.486 e. The predicted octanol–water partition coefficient (Wildman–Crippen LogP) is 4.14. The average molecular weight is 343 g/mol. The third kappa shape index (κ3) is 3.94. The summed E-state index contributed by atoms with van der Waals surface area (Å²) < 4.78 is 12.7. The van der Waals surface area contributed by atoms with Gasteiger partial charge in [0.25, 0.3) is 0 Å². The van der Waals surface area contributed by atoms with Crippen molar-refractivity contribution < 1.29 is 13.9 Å². The Kier molecular flexibility index (Phi) is 4.82. The van der Waals surface area contributed by atoms with Crippen LogP contribution < -0.4 is 4.74 Å². The minimum atomic E-state index is -0.134. The van der Waals surface area contributed by atoms with E-state index in [-0.39, 0.29) is 5.78 Å². The molecule has 0 spiro atoms. The Bertz CT molecular complexity index is 863. The highest BCUT2D eigenvalue weighted by Crippen LogP contribution is 2.18.